The quantitative estimate of drug-likeness (QED) is 0.863. The third-order valence-electron chi connectivity index (χ3n) is 2.24. The molecular formula is C12H13BrFN3OS. The highest BCUT2D eigenvalue weighted by molar-refractivity contribution is 9.10. The van der Waals surface area contributed by atoms with Crippen LogP contribution >= 0.6 is 27.3 Å². The van der Waals surface area contributed by atoms with Gasteiger partial charge in [0.2, 0.25) is 5.13 Å². The van der Waals surface area contributed by atoms with Gasteiger partial charge in [0.15, 0.2) is 5.01 Å². The molecule has 1 aromatic carbocycles. The van der Waals surface area contributed by atoms with E-state index < -0.39 is 0 Å². The molecule has 7 heteroatoms. The Hall–Kier alpha value is -1.21. The van der Waals surface area contributed by atoms with E-state index >= 15 is 0 Å². The van der Waals surface area contributed by atoms with Gasteiger partial charge < -0.3 is 10.1 Å². The first kappa shape index (κ1) is 14.2. The summed E-state index contributed by atoms with van der Waals surface area (Å²) >= 11 is 4.70. The van der Waals surface area contributed by atoms with Crippen LogP contribution in [0.15, 0.2) is 22.7 Å². The Labute approximate surface area is 123 Å². The molecule has 0 aliphatic rings. The first-order valence-corrected chi connectivity index (χ1v) is 7.44. The summed E-state index contributed by atoms with van der Waals surface area (Å²) in [5, 5.41) is 12.8. The van der Waals surface area contributed by atoms with Crippen LogP contribution < -0.4 is 10.1 Å². The number of rotatable bonds is 6. The molecule has 0 aliphatic carbocycles. The first-order chi connectivity index (χ1) is 9.19. The van der Waals surface area contributed by atoms with Crippen molar-refractivity contribution in [3.63, 3.8) is 0 Å². The van der Waals surface area contributed by atoms with Crippen LogP contribution in [-0.4, -0.2) is 16.7 Å². The van der Waals surface area contributed by atoms with Crippen LogP contribution in [-0.2, 0) is 6.61 Å². The second kappa shape index (κ2) is 6.81. The minimum absolute atomic E-state index is 0.304. The standard InChI is InChI=1S/C12H13BrFN3OS/c1-2-5-15-12-17-16-11(19-12)7-18-10-4-3-8(14)6-9(10)13/h3-4,6H,2,5,7H2,1H3,(H,15,17). The zero-order chi connectivity index (χ0) is 13.7. The number of halogens is 2. The number of hydrogen-bond acceptors (Lipinski definition) is 5. The molecule has 0 bridgehead atoms. The Bertz CT molecular complexity index is 550. The van der Waals surface area contributed by atoms with Gasteiger partial charge in [-0.05, 0) is 40.5 Å². The summed E-state index contributed by atoms with van der Waals surface area (Å²) in [7, 11) is 0. The van der Waals surface area contributed by atoms with Crippen LogP contribution in [0.25, 0.3) is 0 Å². The van der Waals surface area contributed by atoms with Crippen molar-refractivity contribution < 1.29 is 9.13 Å². The smallest absolute Gasteiger partial charge is 0.205 e. The van der Waals surface area contributed by atoms with Gasteiger partial charge in [-0.3, -0.25) is 0 Å². The van der Waals surface area contributed by atoms with E-state index in [2.05, 4.69) is 38.4 Å². The molecule has 0 saturated heterocycles. The van der Waals surface area contributed by atoms with Crippen LogP contribution in [0, 0.1) is 5.82 Å². The summed E-state index contributed by atoms with van der Waals surface area (Å²) in [6, 6.07) is 4.30. The molecule has 1 heterocycles. The largest absolute Gasteiger partial charge is 0.485 e. The van der Waals surface area contributed by atoms with Gasteiger partial charge in [-0.2, -0.15) is 0 Å². The van der Waals surface area contributed by atoms with Gasteiger partial charge in [-0.1, -0.05) is 18.3 Å². The minimum Gasteiger partial charge on any atom is -0.485 e. The average molecular weight is 346 g/mol. The second-order valence-electron chi connectivity index (χ2n) is 3.79. The number of benzene rings is 1. The molecule has 0 amide bonds. The Morgan fingerprint density at radius 3 is 3.00 bits per heavy atom. The molecule has 0 fully saturated rings. The van der Waals surface area contributed by atoms with Crippen molar-refractivity contribution in [3.05, 3.63) is 33.5 Å². The molecule has 0 atom stereocenters. The van der Waals surface area contributed by atoms with E-state index in [4.69, 9.17) is 4.74 Å². The van der Waals surface area contributed by atoms with Gasteiger partial charge >= 0.3 is 0 Å². The molecule has 4 nitrogen and oxygen atoms in total. The molecule has 1 N–H and O–H groups in total. The highest BCUT2D eigenvalue weighted by Crippen LogP contribution is 2.26. The molecule has 1 aromatic heterocycles. The van der Waals surface area contributed by atoms with Gasteiger partial charge in [0.1, 0.15) is 18.2 Å². The zero-order valence-corrected chi connectivity index (χ0v) is 12.7. The van der Waals surface area contributed by atoms with Crippen LogP contribution in [0.2, 0.25) is 0 Å². The van der Waals surface area contributed by atoms with E-state index in [9.17, 15) is 4.39 Å². The summed E-state index contributed by atoms with van der Waals surface area (Å²) in [6.45, 7) is 3.28. The molecular weight excluding hydrogens is 333 g/mol. The topological polar surface area (TPSA) is 47.0 Å². The van der Waals surface area contributed by atoms with E-state index in [1.165, 1.54) is 23.5 Å². The van der Waals surface area contributed by atoms with Gasteiger partial charge in [0.05, 0.1) is 4.47 Å². The number of nitrogens with one attached hydrogen (secondary N) is 1. The zero-order valence-electron chi connectivity index (χ0n) is 10.3. The second-order valence-corrected chi connectivity index (χ2v) is 5.71. The summed E-state index contributed by atoms with van der Waals surface area (Å²) in [4.78, 5) is 0. The maximum atomic E-state index is 12.9. The number of hydrogen-bond donors (Lipinski definition) is 1. The lowest BCUT2D eigenvalue weighted by molar-refractivity contribution is 0.302. The molecule has 19 heavy (non-hydrogen) atoms. The maximum absolute atomic E-state index is 12.9. The Kier molecular flexibility index (Phi) is 5.09. The fourth-order valence-corrected chi connectivity index (χ4v) is 2.49. The van der Waals surface area contributed by atoms with Gasteiger partial charge in [0.25, 0.3) is 0 Å². The summed E-state index contributed by atoms with van der Waals surface area (Å²) in [5.41, 5.74) is 0. The van der Waals surface area contributed by atoms with Crippen molar-refractivity contribution in [1.29, 1.82) is 0 Å². The first-order valence-electron chi connectivity index (χ1n) is 5.83. The third-order valence-corrected chi connectivity index (χ3v) is 3.71. The maximum Gasteiger partial charge on any atom is 0.205 e. The normalized spacial score (nSPS) is 10.5. The molecule has 0 unspecified atom stereocenters. The molecule has 0 aliphatic heterocycles. The fourth-order valence-electron chi connectivity index (χ4n) is 1.35. The van der Waals surface area contributed by atoms with Crippen LogP contribution in [0.4, 0.5) is 9.52 Å². The van der Waals surface area contributed by atoms with Crippen molar-refractivity contribution in [1.82, 2.24) is 10.2 Å². The predicted octanol–water partition coefficient (Wildman–Crippen LogP) is 3.84. The predicted molar refractivity (Wildman–Crippen MR) is 77.1 cm³/mol. The van der Waals surface area contributed by atoms with Crippen LogP contribution in [0.3, 0.4) is 0 Å². The summed E-state index contributed by atoms with van der Waals surface area (Å²) < 4.78 is 19.1. The molecule has 0 spiro atoms. The Morgan fingerprint density at radius 2 is 2.26 bits per heavy atom. The van der Waals surface area contributed by atoms with E-state index in [1.54, 1.807) is 6.07 Å². The van der Waals surface area contributed by atoms with E-state index in [1.807, 2.05) is 0 Å². The van der Waals surface area contributed by atoms with Crippen molar-refractivity contribution in [2.24, 2.45) is 0 Å². The minimum atomic E-state index is -0.304. The lowest BCUT2D eigenvalue weighted by Crippen LogP contribution is -1.98. The number of nitrogens with zero attached hydrogens (tertiary/aromatic N) is 2. The van der Waals surface area contributed by atoms with Crippen LogP contribution in [0.5, 0.6) is 5.75 Å². The van der Waals surface area contributed by atoms with Gasteiger partial charge in [0, 0.05) is 6.54 Å². The average Bonchev–Trinajstić information content (AvgIpc) is 2.83. The fraction of sp³-hybridized carbons (Fsp3) is 0.333. The van der Waals surface area contributed by atoms with Gasteiger partial charge in [-0.15, -0.1) is 10.2 Å². The highest BCUT2D eigenvalue weighted by atomic mass is 79.9. The highest BCUT2D eigenvalue weighted by Gasteiger charge is 2.07. The molecule has 0 radical (unpaired) electrons. The number of aromatic nitrogens is 2. The SMILES string of the molecule is CCCNc1nnc(COc2ccc(F)cc2Br)s1. The van der Waals surface area contributed by atoms with Crippen molar-refractivity contribution in [3.8, 4) is 5.75 Å². The lowest BCUT2D eigenvalue weighted by atomic mass is 10.3. The monoisotopic (exact) mass is 345 g/mol. The lowest BCUT2D eigenvalue weighted by Gasteiger charge is -2.05. The van der Waals surface area contributed by atoms with E-state index in [0.717, 1.165) is 23.1 Å². The van der Waals surface area contributed by atoms with Gasteiger partial charge in [-0.25, -0.2) is 4.39 Å². The molecule has 102 valence electrons. The van der Waals surface area contributed by atoms with Crippen molar-refractivity contribution in [2.45, 2.75) is 20.0 Å². The van der Waals surface area contributed by atoms with E-state index in [-0.39, 0.29) is 5.82 Å². The molecule has 0 saturated carbocycles. The number of ether oxygens (including phenoxy) is 1. The van der Waals surface area contributed by atoms with Crippen LogP contribution in [0.1, 0.15) is 18.4 Å². The van der Waals surface area contributed by atoms with Crippen molar-refractivity contribution >= 4 is 32.4 Å². The van der Waals surface area contributed by atoms with Crippen molar-refractivity contribution in [2.75, 3.05) is 11.9 Å². The third kappa shape index (κ3) is 4.14. The summed E-state index contributed by atoms with van der Waals surface area (Å²) in [5.74, 6) is 0.279. The van der Waals surface area contributed by atoms with E-state index in [0.29, 0.717) is 16.8 Å². The Balaban J connectivity index is 1.92. The summed E-state index contributed by atoms with van der Waals surface area (Å²) in [6.07, 6.45) is 1.04. The molecule has 2 aromatic rings. The number of anilines is 1. The molecule has 2 rings (SSSR count). The Morgan fingerprint density at radius 1 is 1.42 bits per heavy atom.